The van der Waals surface area contributed by atoms with Crippen molar-refractivity contribution in [1.29, 1.82) is 0 Å². The van der Waals surface area contributed by atoms with Crippen LogP contribution in [0.2, 0.25) is 0 Å². The summed E-state index contributed by atoms with van der Waals surface area (Å²) in [4.78, 5) is 18.1. The molecular weight excluding hydrogens is 226 g/mol. The summed E-state index contributed by atoms with van der Waals surface area (Å²) in [6, 6.07) is 6.25. The molecule has 4 nitrogen and oxygen atoms in total. The Balaban J connectivity index is 1.86. The van der Waals surface area contributed by atoms with Gasteiger partial charge in [-0.15, -0.1) is 0 Å². The van der Waals surface area contributed by atoms with Crippen molar-refractivity contribution in [2.75, 3.05) is 7.05 Å². The number of rotatable bonds is 3. The highest BCUT2D eigenvalue weighted by atomic mass is 16.2. The van der Waals surface area contributed by atoms with E-state index in [2.05, 4.69) is 10.3 Å². The summed E-state index contributed by atoms with van der Waals surface area (Å²) in [6.45, 7) is 2.52. The van der Waals surface area contributed by atoms with Crippen LogP contribution in [0.25, 0.3) is 0 Å². The molecule has 1 N–H and O–H groups in total. The zero-order valence-corrected chi connectivity index (χ0v) is 11.1. The molecule has 1 heterocycles. The lowest BCUT2D eigenvalue weighted by Gasteiger charge is -2.20. The van der Waals surface area contributed by atoms with E-state index in [0.29, 0.717) is 12.6 Å². The zero-order valence-electron chi connectivity index (χ0n) is 11.1. The molecule has 1 fully saturated rings. The third-order valence-electron chi connectivity index (χ3n) is 3.37. The van der Waals surface area contributed by atoms with E-state index in [0.717, 1.165) is 24.2 Å². The maximum absolute atomic E-state index is 12.0. The van der Waals surface area contributed by atoms with Gasteiger partial charge in [-0.25, -0.2) is 4.79 Å². The number of pyridine rings is 1. The first-order valence-corrected chi connectivity index (χ1v) is 6.59. The molecule has 1 saturated carbocycles. The number of nitrogens with zero attached hydrogens (tertiary/aromatic N) is 2. The van der Waals surface area contributed by atoms with E-state index < -0.39 is 0 Å². The van der Waals surface area contributed by atoms with Crippen LogP contribution in [0.1, 0.15) is 37.1 Å². The molecule has 18 heavy (non-hydrogen) atoms. The quantitative estimate of drug-likeness (QED) is 0.891. The van der Waals surface area contributed by atoms with Gasteiger partial charge in [0, 0.05) is 18.8 Å². The van der Waals surface area contributed by atoms with Crippen LogP contribution in [0, 0.1) is 6.92 Å². The standard InChI is InChI=1S/C14H21N3O/c1-11-6-5-9-13(15-11)10-17(2)14(18)16-12-7-3-4-8-12/h5-6,9,12H,3-4,7-8,10H2,1-2H3,(H,16,18). The number of carbonyl (C=O) groups excluding carboxylic acids is 1. The van der Waals surface area contributed by atoms with E-state index in [1.54, 1.807) is 4.90 Å². The molecule has 98 valence electrons. The minimum absolute atomic E-state index is 0.00482. The molecule has 2 rings (SSSR count). The Morgan fingerprint density at radius 2 is 2.17 bits per heavy atom. The monoisotopic (exact) mass is 247 g/mol. The third-order valence-corrected chi connectivity index (χ3v) is 3.37. The Labute approximate surface area is 108 Å². The average Bonchev–Trinajstić information content (AvgIpc) is 2.81. The average molecular weight is 247 g/mol. The summed E-state index contributed by atoms with van der Waals surface area (Å²) in [5.74, 6) is 0. The van der Waals surface area contributed by atoms with Gasteiger partial charge >= 0.3 is 6.03 Å². The molecule has 0 spiro atoms. The summed E-state index contributed by atoms with van der Waals surface area (Å²) in [5, 5.41) is 3.07. The maximum Gasteiger partial charge on any atom is 0.317 e. The molecule has 1 aromatic rings. The normalized spacial score (nSPS) is 15.7. The molecular formula is C14H21N3O. The van der Waals surface area contributed by atoms with Crippen LogP contribution in [0.4, 0.5) is 4.79 Å². The Morgan fingerprint density at radius 1 is 1.44 bits per heavy atom. The van der Waals surface area contributed by atoms with E-state index in [9.17, 15) is 4.79 Å². The minimum atomic E-state index is 0.00482. The number of amides is 2. The fourth-order valence-corrected chi connectivity index (χ4v) is 2.36. The molecule has 1 aromatic heterocycles. The van der Waals surface area contributed by atoms with E-state index in [1.165, 1.54) is 12.8 Å². The first kappa shape index (κ1) is 12.9. The van der Waals surface area contributed by atoms with Crippen molar-refractivity contribution in [3.63, 3.8) is 0 Å². The maximum atomic E-state index is 12.0. The van der Waals surface area contributed by atoms with Crippen LogP contribution in [-0.2, 0) is 6.54 Å². The third kappa shape index (κ3) is 3.45. The van der Waals surface area contributed by atoms with Crippen LogP contribution in [0.15, 0.2) is 18.2 Å². The molecule has 2 amide bonds. The predicted molar refractivity (Wildman–Crippen MR) is 71.2 cm³/mol. The van der Waals surface area contributed by atoms with Crippen molar-refractivity contribution < 1.29 is 4.79 Å². The van der Waals surface area contributed by atoms with Gasteiger partial charge in [-0.1, -0.05) is 18.9 Å². The number of aryl methyl sites for hydroxylation is 1. The first-order chi connectivity index (χ1) is 8.65. The molecule has 1 aliphatic rings. The summed E-state index contributed by atoms with van der Waals surface area (Å²) in [6.07, 6.45) is 4.69. The second kappa shape index (κ2) is 5.85. The van der Waals surface area contributed by atoms with E-state index in [1.807, 2.05) is 32.2 Å². The molecule has 0 saturated heterocycles. The molecule has 0 aromatic carbocycles. The molecule has 0 aliphatic heterocycles. The topological polar surface area (TPSA) is 45.2 Å². The Hall–Kier alpha value is -1.58. The van der Waals surface area contributed by atoms with Crippen molar-refractivity contribution in [3.8, 4) is 0 Å². The van der Waals surface area contributed by atoms with E-state index in [4.69, 9.17) is 0 Å². The highest BCUT2D eigenvalue weighted by Crippen LogP contribution is 2.17. The number of hydrogen-bond acceptors (Lipinski definition) is 2. The fraction of sp³-hybridized carbons (Fsp3) is 0.571. The lowest BCUT2D eigenvalue weighted by Crippen LogP contribution is -2.41. The smallest absolute Gasteiger partial charge is 0.317 e. The van der Waals surface area contributed by atoms with Crippen LogP contribution in [-0.4, -0.2) is 29.0 Å². The highest BCUT2D eigenvalue weighted by Gasteiger charge is 2.19. The number of aromatic nitrogens is 1. The Bertz CT molecular complexity index is 413. The zero-order chi connectivity index (χ0) is 13.0. The minimum Gasteiger partial charge on any atom is -0.335 e. The molecule has 4 heteroatoms. The van der Waals surface area contributed by atoms with E-state index in [-0.39, 0.29) is 6.03 Å². The van der Waals surface area contributed by atoms with Crippen molar-refractivity contribution in [3.05, 3.63) is 29.6 Å². The predicted octanol–water partition coefficient (Wildman–Crippen LogP) is 2.47. The molecule has 0 unspecified atom stereocenters. The number of urea groups is 1. The van der Waals surface area contributed by atoms with Crippen molar-refractivity contribution >= 4 is 6.03 Å². The van der Waals surface area contributed by atoms with Gasteiger partial charge in [0.15, 0.2) is 0 Å². The largest absolute Gasteiger partial charge is 0.335 e. The number of hydrogen-bond donors (Lipinski definition) is 1. The van der Waals surface area contributed by atoms with E-state index >= 15 is 0 Å². The van der Waals surface area contributed by atoms with Gasteiger partial charge in [-0.3, -0.25) is 4.98 Å². The van der Waals surface area contributed by atoms with Crippen LogP contribution in [0.5, 0.6) is 0 Å². The molecule has 0 radical (unpaired) electrons. The van der Waals surface area contributed by atoms with Gasteiger partial charge in [0.05, 0.1) is 12.2 Å². The summed E-state index contributed by atoms with van der Waals surface area (Å²) in [7, 11) is 1.81. The van der Waals surface area contributed by atoms with Gasteiger partial charge in [-0.05, 0) is 31.9 Å². The molecule has 0 atom stereocenters. The van der Waals surface area contributed by atoms with Crippen molar-refractivity contribution in [2.45, 2.75) is 45.2 Å². The highest BCUT2D eigenvalue weighted by molar-refractivity contribution is 5.74. The summed E-state index contributed by atoms with van der Waals surface area (Å²) < 4.78 is 0. The van der Waals surface area contributed by atoms with Crippen molar-refractivity contribution in [2.24, 2.45) is 0 Å². The van der Waals surface area contributed by atoms with Gasteiger partial charge in [0.2, 0.25) is 0 Å². The molecule has 1 aliphatic carbocycles. The SMILES string of the molecule is Cc1cccc(CN(C)C(=O)NC2CCCC2)n1. The Morgan fingerprint density at radius 3 is 2.83 bits per heavy atom. The first-order valence-electron chi connectivity index (χ1n) is 6.59. The summed E-state index contributed by atoms with van der Waals surface area (Å²) >= 11 is 0. The lowest BCUT2D eigenvalue weighted by atomic mass is 10.2. The van der Waals surface area contributed by atoms with Crippen LogP contribution in [0.3, 0.4) is 0 Å². The van der Waals surface area contributed by atoms with Crippen LogP contribution < -0.4 is 5.32 Å². The second-order valence-corrected chi connectivity index (χ2v) is 5.06. The van der Waals surface area contributed by atoms with Crippen molar-refractivity contribution in [1.82, 2.24) is 15.2 Å². The number of carbonyl (C=O) groups is 1. The Kier molecular flexibility index (Phi) is 4.18. The van der Waals surface area contributed by atoms with Gasteiger partial charge in [0.1, 0.15) is 0 Å². The number of nitrogens with one attached hydrogen (secondary N) is 1. The van der Waals surface area contributed by atoms with Crippen LogP contribution >= 0.6 is 0 Å². The molecule has 0 bridgehead atoms. The van der Waals surface area contributed by atoms with Gasteiger partial charge in [0.25, 0.3) is 0 Å². The van der Waals surface area contributed by atoms with Gasteiger partial charge < -0.3 is 10.2 Å². The lowest BCUT2D eigenvalue weighted by molar-refractivity contribution is 0.202. The second-order valence-electron chi connectivity index (χ2n) is 5.06. The fourth-order valence-electron chi connectivity index (χ4n) is 2.36. The van der Waals surface area contributed by atoms with Gasteiger partial charge in [-0.2, -0.15) is 0 Å². The summed E-state index contributed by atoms with van der Waals surface area (Å²) in [5.41, 5.74) is 1.91.